The van der Waals surface area contributed by atoms with Crippen LogP contribution >= 0.6 is 0 Å². The summed E-state index contributed by atoms with van der Waals surface area (Å²) in [6.07, 6.45) is 7.12. The molecule has 7 nitrogen and oxygen atoms in total. The number of carbonyl (C=O) groups excluding carboxylic acids is 1. The van der Waals surface area contributed by atoms with Gasteiger partial charge in [0.25, 0.3) is 0 Å². The molecule has 0 aromatic carbocycles. The van der Waals surface area contributed by atoms with Crippen LogP contribution in [0.25, 0.3) is 5.69 Å². The van der Waals surface area contributed by atoms with Crippen LogP contribution in [-0.4, -0.2) is 50.2 Å². The minimum absolute atomic E-state index is 0.258. The summed E-state index contributed by atoms with van der Waals surface area (Å²) < 4.78 is 1.85. The molecule has 2 aromatic heterocycles. The van der Waals surface area contributed by atoms with Crippen molar-refractivity contribution in [3.63, 3.8) is 0 Å². The third-order valence-electron chi connectivity index (χ3n) is 3.73. The monoisotopic (exact) mass is 286 g/mol. The molecule has 1 saturated heterocycles. The Hall–Kier alpha value is -2.28. The predicted molar refractivity (Wildman–Crippen MR) is 76.8 cm³/mol. The molecule has 2 N–H and O–H groups in total. The maximum atomic E-state index is 11.1. The molecule has 3 heterocycles. The smallest absolute Gasteiger partial charge is 0.231 e. The third kappa shape index (κ3) is 3.08. The van der Waals surface area contributed by atoms with Crippen LogP contribution in [0, 0.1) is 0 Å². The van der Waals surface area contributed by atoms with Crippen molar-refractivity contribution in [2.24, 2.45) is 5.73 Å². The number of likely N-dealkylation sites (tertiary alicyclic amines) is 1. The normalized spacial score (nSPS) is 19.5. The van der Waals surface area contributed by atoms with E-state index in [9.17, 15) is 4.79 Å². The van der Waals surface area contributed by atoms with Gasteiger partial charge in [-0.1, -0.05) is 0 Å². The molecule has 1 unspecified atom stereocenters. The third-order valence-corrected chi connectivity index (χ3v) is 3.73. The second kappa shape index (κ2) is 6.01. The molecule has 3 rings (SSSR count). The molecular formula is C14H18N6O. The van der Waals surface area contributed by atoms with Gasteiger partial charge in [0.15, 0.2) is 0 Å². The summed E-state index contributed by atoms with van der Waals surface area (Å²) in [5, 5.41) is 4.32. The van der Waals surface area contributed by atoms with Crippen molar-refractivity contribution < 1.29 is 4.79 Å². The van der Waals surface area contributed by atoms with E-state index in [1.807, 2.05) is 16.8 Å². The number of aromatic nitrogens is 4. The van der Waals surface area contributed by atoms with Crippen molar-refractivity contribution in [2.75, 3.05) is 19.6 Å². The van der Waals surface area contributed by atoms with Gasteiger partial charge in [0.2, 0.25) is 5.91 Å². The Morgan fingerprint density at radius 1 is 1.38 bits per heavy atom. The van der Waals surface area contributed by atoms with Gasteiger partial charge in [-0.05, 0) is 31.5 Å². The molecule has 21 heavy (non-hydrogen) atoms. The number of hydrogen-bond donors (Lipinski definition) is 1. The van der Waals surface area contributed by atoms with Gasteiger partial charge in [-0.25, -0.2) is 9.67 Å². The molecule has 1 atom stereocenters. The van der Waals surface area contributed by atoms with Gasteiger partial charge in [0.1, 0.15) is 12.2 Å². The fraction of sp³-hybridized carbons (Fsp3) is 0.429. The lowest BCUT2D eigenvalue weighted by atomic mass is 9.97. The highest BCUT2D eigenvalue weighted by Crippen LogP contribution is 2.26. The van der Waals surface area contributed by atoms with Crippen LogP contribution in [0.2, 0.25) is 0 Å². The van der Waals surface area contributed by atoms with Crippen LogP contribution in [0.3, 0.4) is 0 Å². The van der Waals surface area contributed by atoms with Gasteiger partial charge in [-0.2, -0.15) is 5.10 Å². The average Bonchev–Trinajstić information content (AvgIpc) is 2.97. The van der Waals surface area contributed by atoms with Crippen molar-refractivity contribution in [1.82, 2.24) is 24.6 Å². The van der Waals surface area contributed by atoms with Crippen LogP contribution in [-0.2, 0) is 4.79 Å². The molecule has 1 aliphatic rings. The van der Waals surface area contributed by atoms with E-state index in [0.29, 0.717) is 6.54 Å². The highest BCUT2D eigenvalue weighted by molar-refractivity contribution is 5.75. The van der Waals surface area contributed by atoms with Crippen molar-refractivity contribution in [3.8, 4) is 5.69 Å². The minimum Gasteiger partial charge on any atom is -0.369 e. The quantitative estimate of drug-likeness (QED) is 0.874. The Bertz CT molecular complexity index is 611. The van der Waals surface area contributed by atoms with E-state index in [4.69, 9.17) is 5.73 Å². The second-order valence-electron chi connectivity index (χ2n) is 5.28. The Kier molecular flexibility index (Phi) is 3.92. The number of piperidine rings is 1. The van der Waals surface area contributed by atoms with Gasteiger partial charge in [-0.15, -0.1) is 0 Å². The Morgan fingerprint density at radius 2 is 2.19 bits per heavy atom. The number of primary amides is 1. The van der Waals surface area contributed by atoms with Gasteiger partial charge < -0.3 is 5.73 Å². The Balaban J connectivity index is 1.81. The molecule has 0 radical (unpaired) electrons. The molecule has 0 aliphatic carbocycles. The van der Waals surface area contributed by atoms with E-state index >= 15 is 0 Å². The number of pyridine rings is 1. The lowest BCUT2D eigenvalue weighted by Gasteiger charge is -2.31. The summed E-state index contributed by atoms with van der Waals surface area (Å²) in [6.45, 7) is 2.00. The molecule has 0 saturated carbocycles. The topological polar surface area (TPSA) is 89.9 Å². The summed E-state index contributed by atoms with van der Waals surface area (Å²) >= 11 is 0. The highest BCUT2D eigenvalue weighted by Gasteiger charge is 2.26. The summed E-state index contributed by atoms with van der Waals surface area (Å²) in [5.41, 5.74) is 6.24. The number of rotatable bonds is 4. The van der Waals surface area contributed by atoms with Gasteiger partial charge in [-0.3, -0.25) is 14.7 Å². The SMILES string of the molecule is NC(=O)CN1CCCC(c2ncnn2-c2ccncc2)C1. The van der Waals surface area contributed by atoms with Gasteiger partial charge >= 0.3 is 0 Å². The van der Waals surface area contributed by atoms with Crippen LogP contribution < -0.4 is 5.73 Å². The van der Waals surface area contributed by atoms with Gasteiger partial charge in [0, 0.05) is 24.9 Å². The first-order valence-corrected chi connectivity index (χ1v) is 7.05. The maximum Gasteiger partial charge on any atom is 0.231 e. The summed E-state index contributed by atoms with van der Waals surface area (Å²) in [6, 6.07) is 3.81. The van der Waals surface area contributed by atoms with E-state index < -0.39 is 0 Å². The lowest BCUT2D eigenvalue weighted by Crippen LogP contribution is -2.40. The zero-order chi connectivity index (χ0) is 14.7. The van der Waals surface area contributed by atoms with Crippen LogP contribution in [0.5, 0.6) is 0 Å². The minimum atomic E-state index is -0.286. The molecule has 0 bridgehead atoms. The maximum absolute atomic E-state index is 11.1. The Labute approximate surface area is 122 Å². The number of nitrogens with zero attached hydrogens (tertiary/aromatic N) is 5. The number of carbonyl (C=O) groups is 1. The lowest BCUT2D eigenvalue weighted by molar-refractivity contribution is -0.119. The standard InChI is InChI=1S/C14H18N6O/c15-13(21)9-19-7-1-2-11(8-19)14-17-10-18-20(14)12-3-5-16-6-4-12/h3-6,10-11H,1-2,7-9H2,(H2,15,21). The molecule has 1 aliphatic heterocycles. The van der Waals surface area contributed by atoms with E-state index in [1.54, 1.807) is 18.7 Å². The zero-order valence-corrected chi connectivity index (χ0v) is 11.7. The second-order valence-corrected chi connectivity index (χ2v) is 5.28. The number of amides is 1. The van der Waals surface area contributed by atoms with Crippen LogP contribution in [0.1, 0.15) is 24.6 Å². The first kappa shape index (κ1) is 13.7. The van der Waals surface area contributed by atoms with E-state index in [2.05, 4.69) is 20.0 Å². The molecule has 0 spiro atoms. The van der Waals surface area contributed by atoms with Crippen molar-refractivity contribution >= 4 is 5.91 Å². The summed E-state index contributed by atoms with van der Waals surface area (Å²) in [7, 11) is 0. The molecule has 7 heteroatoms. The summed E-state index contributed by atoms with van der Waals surface area (Å²) in [5.74, 6) is 0.899. The first-order chi connectivity index (χ1) is 10.2. The van der Waals surface area contributed by atoms with Gasteiger partial charge in [0.05, 0.1) is 12.2 Å². The summed E-state index contributed by atoms with van der Waals surface area (Å²) in [4.78, 5) is 21.6. The highest BCUT2D eigenvalue weighted by atomic mass is 16.1. The van der Waals surface area contributed by atoms with Crippen molar-refractivity contribution in [2.45, 2.75) is 18.8 Å². The van der Waals surface area contributed by atoms with E-state index in [0.717, 1.165) is 37.4 Å². The largest absolute Gasteiger partial charge is 0.369 e. The fourth-order valence-electron chi connectivity index (χ4n) is 2.84. The molecule has 110 valence electrons. The molecule has 2 aromatic rings. The Morgan fingerprint density at radius 3 is 2.95 bits per heavy atom. The number of hydrogen-bond acceptors (Lipinski definition) is 5. The van der Waals surface area contributed by atoms with Crippen LogP contribution in [0.4, 0.5) is 0 Å². The fourth-order valence-corrected chi connectivity index (χ4v) is 2.84. The van der Waals surface area contributed by atoms with Crippen molar-refractivity contribution in [3.05, 3.63) is 36.7 Å². The molecular weight excluding hydrogens is 268 g/mol. The molecule has 1 fully saturated rings. The zero-order valence-electron chi connectivity index (χ0n) is 11.7. The van der Waals surface area contributed by atoms with Crippen molar-refractivity contribution in [1.29, 1.82) is 0 Å². The van der Waals surface area contributed by atoms with E-state index in [1.165, 1.54) is 0 Å². The predicted octanol–water partition coefficient (Wildman–Crippen LogP) is 0.327. The van der Waals surface area contributed by atoms with Crippen LogP contribution in [0.15, 0.2) is 30.9 Å². The molecule has 1 amide bonds. The van der Waals surface area contributed by atoms with E-state index in [-0.39, 0.29) is 11.8 Å². The number of nitrogens with two attached hydrogens (primary N) is 1. The first-order valence-electron chi connectivity index (χ1n) is 7.05. The average molecular weight is 286 g/mol.